The van der Waals surface area contributed by atoms with Gasteiger partial charge < -0.3 is 14.6 Å². The highest BCUT2D eigenvalue weighted by molar-refractivity contribution is 6.51. The van der Waals surface area contributed by atoms with E-state index in [4.69, 9.17) is 9.47 Å². The maximum absolute atomic E-state index is 13.2. The van der Waals surface area contributed by atoms with Crippen molar-refractivity contribution in [1.29, 1.82) is 0 Å². The minimum atomic E-state index is -0.835. The van der Waals surface area contributed by atoms with Gasteiger partial charge in [0.1, 0.15) is 17.3 Å². The Bertz CT molecular complexity index is 1220. The molecule has 7 heteroatoms. The number of Topliss-reactive ketones (excluding diaryl/α,β-unsaturated/α-hetero) is 1. The fourth-order valence-electron chi connectivity index (χ4n) is 3.95. The van der Waals surface area contributed by atoms with Crippen LogP contribution in [0.4, 0.5) is 5.69 Å². The summed E-state index contributed by atoms with van der Waals surface area (Å²) < 4.78 is 11.2. The molecule has 180 valence electrons. The Morgan fingerprint density at radius 2 is 1.66 bits per heavy atom. The normalized spacial score (nSPS) is 17.1. The Labute approximate surface area is 204 Å². The number of benzene rings is 2. The van der Waals surface area contributed by atoms with Crippen LogP contribution in [0.3, 0.4) is 0 Å². The zero-order valence-electron chi connectivity index (χ0n) is 20.0. The Hall–Kier alpha value is -4.13. The first-order valence-electron chi connectivity index (χ1n) is 11.6. The molecular weight excluding hydrogens is 444 g/mol. The van der Waals surface area contributed by atoms with Crippen LogP contribution in [0.25, 0.3) is 5.76 Å². The van der Waals surface area contributed by atoms with Crippen LogP contribution < -0.4 is 14.4 Å². The van der Waals surface area contributed by atoms with Crippen molar-refractivity contribution in [3.8, 4) is 11.5 Å². The van der Waals surface area contributed by atoms with Gasteiger partial charge in [-0.25, -0.2) is 0 Å². The zero-order valence-corrected chi connectivity index (χ0v) is 20.0. The summed E-state index contributed by atoms with van der Waals surface area (Å²) in [6, 6.07) is 16.4. The van der Waals surface area contributed by atoms with E-state index in [0.29, 0.717) is 47.4 Å². The summed E-state index contributed by atoms with van der Waals surface area (Å²) in [5.74, 6) is -0.0338. The SMILES string of the molecule is CCOc1ccc(N2C(=O)C(=O)/C(=C(\O)c3ccc(OCC(C)C)cc3)C2c2cccnc2)cc1. The third-order valence-corrected chi connectivity index (χ3v) is 5.58. The summed E-state index contributed by atoms with van der Waals surface area (Å²) in [5, 5.41) is 11.2. The quantitative estimate of drug-likeness (QED) is 0.277. The van der Waals surface area contributed by atoms with Crippen LogP contribution in [0, 0.1) is 5.92 Å². The Kier molecular flexibility index (Phi) is 7.15. The number of ether oxygens (including phenoxy) is 2. The van der Waals surface area contributed by atoms with Crippen LogP contribution in [-0.2, 0) is 9.59 Å². The highest BCUT2D eigenvalue weighted by Gasteiger charge is 2.47. The molecule has 1 aliphatic heterocycles. The fourth-order valence-corrected chi connectivity index (χ4v) is 3.95. The van der Waals surface area contributed by atoms with Gasteiger partial charge in [-0.1, -0.05) is 19.9 Å². The second-order valence-electron chi connectivity index (χ2n) is 8.61. The third kappa shape index (κ3) is 5.04. The van der Waals surface area contributed by atoms with Crippen molar-refractivity contribution >= 4 is 23.1 Å². The minimum Gasteiger partial charge on any atom is -0.507 e. The molecule has 7 nitrogen and oxygen atoms in total. The summed E-state index contributed by atoms with van der Waals surface area (Å²) >= 11 is 0. The molecule has 4 rings (SSSR count). The third-order valence-electron chi connectivity index (χ3n) is 5.58. The summed E-state index contributed by atoms with van der Waals surface area (Å²) in [5.41, 5.74) is 1.55. The highest BCUT2D eigenvalue weighted by atomic mass is 16.5. The molecule has 0 radical (unpaired) electrons. The first-order valence-corrected chi connectivity index (χ1v) is 11.6. The number of nitrogens with zero attached hydrogens (tertiary/aromatic N) is 2. The molecule has 1 saturated heterocycles. The fraction of sp³-hybridized carbons (Fsp3) is 0.250. The van der Waals surface area contributed by atoms with E-state index in [1.165, 1.54) is 4.90 Å². The Morgan fingerprint density at radius 3 is 2.26 bits per heavy atom. The summed E-state index contributed by atoms with van der Waals surface area (Å²) in [7, 11) is 0. The van der Waals surface area contributed by atoms with Crippen LogP contribution in [0.5, 0.6) is 11.5 Å². The van der Waals surface area contributed by atoms with E-state index < -0.39 is 17.7 Å². The van der Waals surface area contributed by atoms with E-state index in [1.54, 1.807) is 73.1 Å². The number of aromatic nitrogens is 1. The van der Waals surface area contributed by atoms with E-state index in [0.717, 1.165) is 0 Å². The summed E-state index contributed by atoms with van der Waals surface area (Å²) in [4.78, 5) is 32.0. The van der Waals surface area contributed by atoms with Crippen LogP contribution in [0.15, 0.2) is 78.6 Å². The van der Waals surface area contributed by atoms with Crippen LogP contribution in [0.1, 0.15) is 37.9 Å². The van der Waals surface area contributed by atoms with Gasteiger partial charge in [0.2, 0.25) is 0 Å². The van der Waals surface area contributed by atoms with E-state index in [9.17, 15) is 14.7 Å². The van der Waals surface area contributed by atoms with E-state index in [1.807, 2.05) is 6.92 Å². The molecular formula is C28H28N2O5. The number of hydrogen-bond donors (Lipinski definition) is 1. The van der Waals surface area contributed by atoms with Crippen molar-refractivity contribution < 1.29 is 24.2 Å². The molecule has 1 aliphatic rings. The number of aliphatic hydroxyl groups is 1. The van der Waals surface area contributed by atoms with Crippen molar-refractivity contribution in [2.45, 2.75) is 26.8 Å². The lowest BCUT2D eigenvalue weighted by atomic mass is 9.96. The van der Waals surface area contributed by atoms with Gasteiger partial charge >= 0.3 is 0 Å². The van der Waals surface area contributed by atoms with E-state index in [-0.39, 0.29) is 11.3 Å². The molecule has 1 aromatic heterocycles. The Balaban J connectivity index is 1.77. The number of pyridine rings is 1. The van der Waals surface area contributed by atoms with E-state index >= 15 is 0 Å². The van der Waals surface area contributed by atoms with Crippen molar-refractivity contribution in [3.63, 3.8) is 0 Å². The molecule has 35 heavy (non-hydrogen) atoms. The van der Waals surface area contributed by atoms with Crippen LogP contribution >= 0.6 is 0 Å². The van der Waals surface area contributed by atoms with Crippen LogP contribution in [-0.4, -0.2) is 35.0 Å². The second kappa shape index (κ2) is 10.4. The van der Waals surface area contributed by atoms with Gasteiger partial charge in [-0.15, -0.1) is 0 Å². The van der Waals surface area contributed by atoms with Crippen molar-refractivity contribution in [2.75, 3.05) is 18.1 Å². The standard InChI is InChI=1S/C28H28N2O5/c1-4-34-22-13-9-21(10-14-22)30-25(20-6-5-15-29-16-20)24(27(32)28(30)33)26(31)19-7-11-23(12-8-19)35-17-18(2)3/h5-16,18,25,31H,4,17H2,1-3H3/b26-24-. The van der Waals surface area contributed by atoms with Gasteiger partial charge in [-0.05, 0) is 73.0 Å². The molecule has 3 aromatic rings. The molecule has 2 heterocycles. The predicted molar refractivity (Wildman–Crippen MR) is 133 cm³/mol. The zero-order chi connectivity index (χ0) is 24.9. The molecule has 0 bridgehead atoms. The smallest absolute Gasteiger partial charge is 0.300 e. The highest BCUT2D eigenvalue weighted by Crippen LogP contribution is 2.42. The number of aliphatic hydroxyl groups excluding tert-OH is 1. The van der Waals surface area contributed by atoms with Gasteiger partial charge in [0.25, 0.3) is 11.7 Å². The monoisotopic (exact) mass is 472 g/mol. The van der Waals surface area contributed by atoms with Gasteiger partial charge in [0, 0.05) is 23.6 Å². The minimum absolute atomic E-state index is 0.00716. The number of ketones is 1. The second-order valence-corrected chi connectivity index (χ2v) is 8.61. The van der Waals surface area contributed by atoms with E-state index in [2.05, 4.69) is 18.8 Å². The molecule has 1 amide bonds. The number of hydrogen-bond acceptors (Lipinski definition) is 6. The summed E-state index contributed by atoms with van der Waals surface area (Å²) in [6.07, 6.45) is 3.21. The topological polar surface area (TPSA) is 89.0 Å². The van der Waals surface area contributed by atoms with Gasteiger partial charge in [-0.3, -0.25) is 19.5 Å². The lowest BCUT2D eigenvalue weighted by molar-refractivity contribution is -0.132. The number of rotatable bonds is 8. The van der Waals surface area contributed by atoms with Crippen LogP contribution in [0.2, 0.25) is 0 Å². The maximum Gasteiger partial charge on any atom is 0.300 e. The molecule has 0 spiro atoms. The molecule has 1 N–H and O–H groups in total. The molecule has 1 fully saturated rings. The van der Waals surface area contributed by atoms with Crippen molar-refractivity contribution in [2.24, 2.45) is 5.92 Å². The van der Waals surface area contributed by atoms with Crippen molar-refractivity contribution in [3.05, 3.63) is 89.8 Å². The average molecular weight is 473 g/mol. The Morgan fingerprint density at radius 1 is 1.00 bits per heavy atom. The molecule has 0 saturated carbocycles. The maximum atomic E-state index is 13.2. The molecule has 0 aliphatic carbocycles. The largest absolute Gasteiger partial charge is 0.507 e. The average Bonchev–Trinajstić information content (AvgIpc) is 3.14. The number of amides is 1. The lowest BCUT2D eigenvalue weighted by Gasteiger charge is -2.25. The molecule has 1 atom stereocenters. The number of carbonyl (C=O) groups is 2. The first-order chi connectivity index (χ1) is 16.9. The summed E-state index contributed by atoms with van der Waals surface area (Å²) in [6.45, 7) is 7.09. The first kappa shape index (κ1) is 24.0. The van der Waals surface area contributed by atoms with Crippen molar-refractivity contribution in [1.82, 2.24) is 4.98 Å². The number of carbonyl (C=O) groups excluding carboxylic acids is 2. The predicted octanol–water partition coefficient (Wildman–Crippen LogP) is 5.14. The molecule has 2 aromatic carbocycles. The van der Waals surface area contributed by atoms with Gasteiger partial charge in [0.05, 0.1) is 24.8 Å². The number of anilines is 1. The molecule has 1 unspecified atom stereocenters. The lowest BCUT2D eigenvalue weighted by Crippen LogP contribution is -2.29. The van der Waals surface area contributed by atoms with Gasteiger partial charge in [-0.2, -0.15) is 0 Å². The van der Waals surface area contributed by atoms with Gasteiger partial charge in [0.15, 0.2) is 0 Å².